The van der Waals surface area contributed by atoms with Crippen molar-refractivity contribution in [2.24, 2.45) is 5.41 Å². The summed E-state index contributed by atoms with van der Waals surface area (Å²) in [5.74, 6) is -0.335. The zero-order valence-electron chi connectivity index (χ0n) is 13.0. The van der Waals surface area contributed by atoms with Crippen LogP contribution in [0.25, 0.3) is 0 Å². The van der Waals surface area contributed by atoms with Crippen molar-refractivity contribution in [2.75, 3.05) is 7.11 Å². The number of aliphatic hydroxyl groups excluding tert-OH is 1. The van der Waals surface area contributed by atoms with Crippen LogP contribution in [0.3, 0.4) is 0 Å². The Labute approximate surface area is 131 Å². The van der Waals surface area contributed by atoms with Gasteiger partial charge in [-0.2, -0.15) is 0 Å². The summed E-state index contributed by atoms with van der Waals surface area (Å²) in [5, 5.41) is 11.1. The van der Waals surface area contributed by atoms with Gasteiger partial charge in [0, 0.05) is 18.6 Å². The van der Waals surface area contributed by atoms with E-state index < -0.39 is 11.7 Å². The molecule has 0 radical (unpaired) electrons. The Morgan fingerprint density at radius 3 is 2.48 bits per heavy atom. The quantitative estimate of drug-likeness (QED) is 0.894. The molecule has 1 aromatic rings. The first kappa shape index (κ1) is 16.7. The van der Waals surface area contributed by atoms with Crippen molar-refractivity contribution in [1.82, 2.24) is 0 Å². The van der Waals surface area contributed by atoms with Crippen molar-refractivity contribution in [3.8, 4) is 0 Å². The number of methoxy groups -OCH3 is 1. The molecule has 0 heterocycles. The van der Waals surface area contributed by atoms with Crippen LogP contribution >= 0.6 is 11.6 Å². The molecule has 1 aliphatic carbocycles. The van der Waals surface area contributed by atoms with Crippen LogP contribution in [0, 0.1) is 11.2 Å². The fourth-order valence-corrected chi connectivity index (χ4v) is 3.31. The van der Waals surface area contributed by atoms with Crippen LogP contribution in [-0.4, -0.2) is 23.9 Å². The Balaban J connectivity index is 2.14. The molecule has 0 aliphatic heterocycles. The highest BCUT2D eigenvalue weighted by atomic mass is 35.5. The van der Waals surface area contributed by atoms with E-state index in [1.54, 1.807) is 7.11 Å². The van der Waals surface area contributed by atoms with Crippen LogP contribution in [0.2, 0.25) is 5.02 Å². The van der Waals surface area contributed by atoms with Gasteiger partial charge in [0.2, 0.25) is 0 Å². The number of hydrogen-bond acceptors (Lipinski definition) is 2. The maximum atomic E-state index is 13.3. The largest absolute Gasteiger partial charge is 0.390 e. The molecule has 2 nitrogen and oxygen atoms in total. The minimum atomic E-state index is -0.683. The van der Waals surface area contributed by atoms with Crippen LogP contribution in [0.1, 0.15) is 45.1 Å². The maximum Gasteiger partial charge on any atom is 0.123 e. The Morgan fingerprint density at radius 2 is 1.90 bits per heavy atom. The molecule has 2 rings (SSSR count). The molecule has 118 valence electrons. The zero-order chi connectivity index (χ0) is 15.7. The molecule has 0 saturated heterocycles. The van der Waals surface area contributed by atoms with Crippen molar-refractivity contribution in [3.63, 3.8) is 0 Å². The summed E-state index contributed by atoms with van der Waals surface area (Å²) in [7, 11) is 1.65. The van der Waals surface area contributed by atoms with Crippen LogP contribution < -0.4 is 0 Å². The van der Waals surface area contributed by atoms with E-state index in [1.165, 1.54) is 18.2 Å². The Bertz CT molecular complexity index is 492. The standard InChI is InChI=1S/C17H24ClFO2/c1-16(2)6-8-17(21-3,9-7-16)15(20)11-12-10-13(19)4-5-14(12)18/h4-5,10,15,20H,6-9,11H2,1-3H3. The third kappa shape index (κ3) is 3.77. The molecule has 0 spiro atoms. The highest BCUT2D eigenvalue weighted by Gasteiger charge is 2.43. The van der Waals surface area contributed by atoms with Gasteiger partial charge in [-0.1, -0.05) is 25.4 Å². The van der Waals surface area contributed by atoms with Gasteiger partial charge in [-0.3, -0.25) is 0 Å². The average Bonchev–Trinajstić information content (AvgIpc) is 2.43. The monoisotopic (exact) mass is 314 g/mol. The van der Waals surface area contributed by atoms with E-state index in [1.807, 2.05) is 0 Å². The van der Waals surface area contributed by atoms with E-state index >= 15 is 0 Å². The number of aliphatic hydroxyl groups is 1. The number of benzene rings is 1. The van der Waals surface area contributed by atoms with E-state index in [0.29, 0.717) is 17.0 Å². The highest BCUT2D eigenvalue weighted by Crippen LogP contribution is 2.44. The summed E-state index contributed by atoms with van der Waals surface area (Å²) in [4.78, 5) is 0. The van der Waals surface area contributed by atoms with Gasteiger partial charge >= 0.3 is 0 Å². The van der Waals surface area contributed by atoms with Crippen molar-refractivity contribution in [1.29, 1.82) is 0 Å². The van der Waals surface area contributed by atoms with Gasteiger partial charge in [0.1, 0.15) is 5.82 Å². The molecule has 1 aliphatic rings. The minimum Gasteiger partial charge on any atom is -0.390 e. The molecular formula is C17H24ClFO2. The molecule has 0 aromatic heterocycles. The SMILES string of the molecule is COC1(C(O)Cc2cc(F)ccc2Cl)CCC(C)(C)CC1. The van der Waals surface area contributed by atoms with E-state index in [2.05, 4.69) is 13.8 Å². The number of rotatable bonds is 4. The smallest absolute Gasteiger partial charge is 0.123 e. The summed E-state index contributed by atoms with van der Waals surface area (Å²) in [6.45, 7) is 4.48. The van der Waals surface area contributed by atoms with Crippen LogP contribution in [0.15, 0.2) is 18.2 Å². The first-order valence-corrected chi connectivity index (χ1v) is 7.83. The summed E-state index contributed by atoms with van der Waals surface area (Å²) >= 11 is 6.09. The van der Waals surface area contributed by atoms with E-state index in [4.69, 9.17) is 16.3 Å². The van der Waals surface area contributed by atoms with Gasteiger partial charge in [-0.15, -0.1) is 0 Å². The second-order valence-electron chi connectivity index (χ2n) is 6.89. The van der Waals surface area contributed by atoms with E-state index in [0.717, 1.165) is 25.7 Å². The first-order chi connectivity index (χ1) is 9.78. The molecule has 1 atom stereocenters. The van der Waals surface area contributed by atoms with Crippen molar-refractivity contribution in [3.05, 3.63) is 34.6 Å². The van der Waals surface area contributed by atoms with E-state index in [9.17, 15) is 9.50 Å². The molecule has 0 amide bonds. The van der Waals surface area contributed by atoms with Gasteiger partial charge in [-0.25, -0.2) is 4.39 Å². The molecule has 1 saturated carbocycles. The Morgan fingerprint density at radius 1 is 1.29 bits per heavy atom. The van der Waals surface area contributed by atoms with E-state index in [-0.39, 0.29) is 11.2 Å². The molecule has 4 heteroatoms. The molecule has 1 N–H and O–H groups in total. The molecule has 1 aromatic carbocycles. The highest BCUT2D eigenvalue weighted by molar-refractivity contribution is 6.31. The lowest BCUT2D eigenvalue weighted by Gasteiger charge is -2.45. The maximum absolute atomic E-state index is 13.3. The van der Waals surface area contributed by atoms with Crippen molar-refractivity contribution in [2.45, 2.75) is 57.7 Å². The number of ether oxygens (including phenoxy) is 1. The Hall–Kier alpha value is -0.640. The second-order valence-corrected chi connectivity index (χ2v) is 7.30. The number of halogens is 2. The summed E-state index contributed by atoms with van der Waals surface area (Å²) in [6.07, 6.45) is 3.27. The van der Waals surface area contributed by atoms with Gasteiger partial charge in [0.25, 0.3) is 0 Å². The summed E-state index contributed by atoms with van der Waals surface area (Å²) < 4.78 is 19.0. The molecule has 0 bridgehead atoms. The lowest BCUT2D eigenvalue weighted by molar-refractivity contribution is -0.135. The minimum absolute atomic E-state index is 0.290. The van der Waals surface area contributed by atoms with Gasteiger partial charge in [-0.05, 0) is 54.9 Å². The molecule has 1 unspecified atom stereocenters. The predicted molar refractivity (Wildman–Crippen MR) is 83.1 cm³/mol. The van der Waals surface area contributed by atoms with Crippen molar-refractivity contribution < 1.29 is 14.2 Å². The summed E-state index contributed by atoms with van der Waals surface area (Å²) in [5.41, 5.74) is 0.370. The first-order valence-electron chi connectivity index (χ1n) is 7.45. The third-order valence-corrected chi connectivity index (χ3v) is 5.25. The normalized spacial score (nSPS) is 22.0. The lowest BCUT2D eigenvalue weighted by Crippen LogP contribution is -2.49. The van der Waals surface area contributed by atoms with Crippen LogP contribution in [0.4, 0.5) is 4.39 Å². The molecular weight excluding hydrogens is 291 g/mol. The number of hydrogen-bond donors (Lipinski definition) is 1. The van der Waals surface area contributed by atoms with Gasteiger partial charge in [0.15, 0.2) is 0 Å². The fourth-order valence-electron chi connectivity index (χ4n) is 3.12. The molecule has 21 heavy (non-hydrogen) atoms. The van der Waals surface area contributed by atoms with Crippen molar-refractivity contribution >= 4 is 11.6 Å². The van der Waals surface area contributed by atoms with Crippen LogP contribution in [0.5, 0.6) is 0 Å². The van der Waals surface area contributed by atoms with Gasteiger partial charge in [0.05, 0.1) is 11.7 Å². The zero-order valence-corrected chi connectivity index (χ0v) is 13.7. The lowest BCUT2D eigenvalue weighted by atomic mass is 9.68. The molecule has 1 fully saturated rings. The fraction of sp³-hybridized carbons (Fsp3) is 0.647. The topological polar surface area (TPSA) is 29.5 Å². The van der Waals surface area contributed by atoms with Gasteiger partial charge < -0.3 is 9.84 Å². The predicted octanol–water partition coefficient (Wildman–Crippen LogP) is 4.37. The third-order valence-electron chi connectivity index (χ3n) is 4.88. The Kier molecular flexibility index (Phi) is 4.96. The van der Waals surface area contributed by atoms with Crippen LogP contribution in [-0.2, 0) is 11.2 Å². The second kappa shape index (κ2) is 6.23. The summed E-state index contributed by atoms with van der Waals surface area (Å²) in [6, 6.07) is 4.25. The average molecular weight is 315 g/mol.